The van der Waals surface area contributed by atoms with Gasteiger partial charge in [-0.25, -0.2) is 9.45 Å². The van der Waals surface area contributed by atoms with Gasteiger partial charge in [0.05, 0.1) is 18.7 Å². The van der Waals surface area contributed by atoms with Crippen LogP contribution >= 0.6 is 15.9 Å². The van der Waals surface area contributed by atoms with Gasteiger partial charge in [-0.15, -0.1) is 0 Å². The Morgan fingerprint density at radius 2 is 2.33 bits per heavy atom. The number of hydroxylamine groups is 2. The molecular formula is C10H9BrFNO2. The van der Waals surface area contributed by atoms with E-state index in [0.29, 0.717) is 23.2 Å². The zero-order valence-electron chi connectivity index (χ0n) is 7.87. The fourth-order valence-electron chi connectivity index (χ4n) is 1.40. The minimum Gasteiger partial charge on any atom is -0.271 e. The number of hydrogen-bond acceptors (Lipinski definition) is 2. The van der Waals surface area contributed by atoms with E-state index in [4.69, 9.17) is 4.84 Å². The van der Waals surface area contributed by atoms with Crippen LogP contribution in [0.4, 0.5) is 4.39 Å². The summed E-state index contributed by atoms with van der Waals surface area (Å²) in [5.74, 6) is -0.611. The van der Waals surface area contributed by atoms with Crippen LogP contribution in [-0.4, -0.2) is 24.1 Å². The molecule has 0 unspecified atom stereocenters. The van der Waals surface area contributed by atoms with Gasteiger partial charge in [-0.2, -0.15) is 0 Å². The molecule has 0 radical (unpaired) electrons. The molecule has 1 aliphatic rings. The minimum atomic E-state index is -0.374. The molecule has 0 spiro atoms. The Hall–Kier alpha value is -0.940. The molecule has 0 aromatic heterocycles. The minimum absolute atomic E-state index is 0.237. The fraction of sp³-hybridized carbons (Fsp3) is 0.300. The van der Waals surface area contributed by atoms with Gasteiger partial charge in [-0.1, -0.05) is 0 Å². The van der Waals surface area contributed by atoms with Crippen molar-refractivity contribution in [2.45, 2.75) is 6.42 Å². The van der Waals surface area contributed by atoms with E-state index >= 15 is 0 Å². The van der Waals surface area contributed by atoms with Crippen LogP contribution in [-0.2, 0) is 4.84 Å². The van der Waals surface area contributed by atoms with Crippen molar-refractivity contribution in [3.8, 4) is 0 Å². The predicted octanol–water partition coefficient (Wildman–Crippen LogP) is 2.37. The van der Waals surface area contributed by atoms with Crippen LogP contribution in [0.3, 0.4) is 0 Å². The Bertz CT molecular complexity index is 391. The highest BCUT2D eigenvalue weighted by Crippen LogP contribution is 2.21. The lowest BCUT2D eigenvalue weighted by Crippen LogP contribution is -2.26. The summed E-state index contributed by atoms with van der Waals surface area (Å²) in [7, 11) is 0. The van der Waals surface area contributed by atoms with Crippen LogP contribution in [0.15, 0.2) is 22.7 Å². The molecule has 5 heteroatoms. The maximum absolute atomic E-state index is 12.8. The summed E-state index contributed by atoms with van der Waals surface area (Å²) in [6.07, 6.45) is 0.838. The lowest BCUT2D eigenvalue weighted by atomic mass is 10.2. The average molecular weight is 274 g/mol. The van der Waals surface area contributed by atoms with Gasteiger partial charge in [-0.05, 0) is 40.5 Å². The Morgan fingerprint density at radius 3 is 2.93 bits per heavy atom. The standard InChI is InChI=1S/C10H9BrFNO2/c11-9-6-7(12)2-3-8(9)10(14)13-4-1-5-15-13/h2-3,6H,1,4-5H2. The van der Waals surface area contributed by atoms with Crippen molar-refractivity contribution < 1.29 is 14.0 Å². The first kappa shape index (κ1) is 10.6. The summed E-state index contributed by atoms with van der Waals surface area (Å²) in [6.45, 7) is 1.15. The number of carbonyl (C=O) groups is 1. The van der Waals surface area contributed by atoms with Gasteiger partial charge in [-0.3, -0.25) is 9.63 Å². The summed E-state index contributed by atoms with van der Waals surface area (Å²) in [5, 5.41) is 1.30. The number of benzene rings is 1. The zero-order chi connectivity index (χ0) is 10.8. The maximum atomic E-state index is 12.8. The summed E-state index contributed by atoms with van der Waals surface area (Å²) in [4.78, 5) is 17.0. The van der Waals surface area contributed by atoms with E-state index in [0.717, 1.165) is 6.42 Å². The molecule has 0 N–H and O–H groups in total. The molecule has 1 fully saturated rings. The van der Waals surface area contributed by atoms with E-state index in [2.05, 4.69) is 15.9 Å². The highest BCUT2D eigenvalue weighted by atomic mass is 79.9. The fourth-order valence-corrected chi connectivity index (χ4v) is 1.93. The van der Waals surface area contributed by atoms with Crippen molar-refractivity contribution in [1.82, 2.24) is 5.06 Å². The van der Waals surface area contributed by atoms with Crippen molar-refractivity contribution in [1.29, 1.82) is 0 Å². The second-order valence-electron chi connectivity index (χ2n) is 3.22. The van der Waals surface area contributed by atoms with E-state index in [-0.39, 0.29) is 11.7 Å². The Labute approximate surface area is 94.9 Å². The van der Waals surface area contributed by atoms with Crippen LogP contribution in [0.1, 0.15) is 16.8 Å². The first-order chi connectivity index (χ1) is 7.18. The molecule has 1 saturated heterocycles. The number of hydrogen-bond donors (Lipinski definition) is 0. The average Bonchev–Trinajstić information content (AvgIpc) is 2.69. The van der Waals surface area contributed by atoms with Gasteiger partial charge in [0.25, 0.3) is 5.91 Å². The van der Waals surface area contributed by atoms with Gasteiger partial charge in [0.15, 0.2) is 0 Å². The largest absolute Gasteiger partial charge is 0.278 e. The molecule has 0 aliphatic carbocycles. The van der Waals surface area contributed by atoms with Gasteiger partial charge in [0, 0.05) is 4.47 Å². The predicted molar refractivity (Wildman–Crippen MR) is 55.7 cm³/mol. The second-order valence-corrected chi connectivity index (χ2v) is 4.07. The zero-order valence-corrected chi connectivity index (χ0v) is 9.46. The quantitative estimate of drug-likeness (QED) is 0.786. The number of halogens is 2. The van der Waals surface area contributed by atoms with Crippen LogP contribution < -0.4 is 0 Å². The van der Waals surface area contributed by atoms with Crippen LogP contribution in [0.2, 0.25) is 0 Å². The number of amides is 1. The third-order valence-corrected chi connectivity index (χ3v) is 2.80. The first-order valence-electron chi connectivity index (χ1n) is 4.58. The molecule has 80 valence electrons. The lowest BCUT2D eigenvalue weighted by molar-refractivity contribution is -0.0769. The number of carbonyl (C=O) groups excluding carboxylic acids is 1. The van der Waals surface area contributed by atoms with E-state index in [1.54, 1.807) is 0 Å². The smallest absolute Gasteiger partial charge is 0.271 e. The van der Waals surface area contributed by atoms with E-state index < -0.39 is 0 Å². The molecule has 3 nitrogen and oxygen atoms in total. The van der Waals surface area contributed by atoms with Gasteiger partial charge in [0.2, 0.25) is 0 Å². The van der Waals surface area contributed by atoms with Crippen molar-refractivity contribution in [3.63, 3.8) is 0 Å². The molecule has 0 bridgehead atoms. The lowest BCUT2D eigenvalue weighted by Gasteiger charge is -2.14. The van der Waals surface area contributed by atoms with E-state index in [1.165, 1.54) is 23.3 Å². The maximum Gasteiger partial charge on any atom is 0.278 e. The number of nitrogens with zero attached hydrogens (tertiary/aromatic N) is 1. The van der Waals surface area contributed by atoms with Crippen LogP contribution in [0.5, 0.6) is 0 Å². The molecule has 1 aliphatic heterocycles. The van der Waals surface area contributed by atoms with Crippen molar-refractivity contribution in [2.24, 2.45) is 0 Å². The summed E-state index contributed by atoms with van der Waals surface area (Å²) >= 11 is 3.15. The molecule has 0 atom stereocenters. The second kappa shape index (κ2) is 4.28. The summed E-state index contributed by atoms with van der Waals surface area (Å²) in [6, 6.07) is 3.97. The molecule has 1 amide bonds. The molecule has 1 aromatic rings. The summed E-state index contributed by atoms with van der Waals surface area (Å²) in [5.41, 5.74) is 0.415. The molecule has 15 heavy (non-hydrogen) atoms. The molecule has 1 aromatic carbocycles. The Balaban J connectivity index is 2.24. The molecule has 2 rings (SSSR count). The van der Waals surface area contributed by atoms with Gasteiger partial charge >= 0.3 is 0 Å². The van der Waals surface area contributed by atoms with Crippen LogP contribution in [0.25, 0.3) is 0 Å². The highest BCUT2D eigenvalue weighted by Gasteiger charge is 2.22. The van der Waals surface area contributed by atoms with Crippen molar-refractivity contribution >= 4 is 21.8 Å². The normalized spacial score (nSPS) is 15.7. The third kappa shape index (κ3) is 2.18. The van der Waals surface area contributed by atoms with Crippen LogP contribution in [0, 0.1) is 5.82 Å². The van der Waals surface area contributed by atoms with E-state index in [9.17, 15) is 9.18 Å². The Kier molecular flexibility index (Phi) is 3.02. The topological polar surface area (TPSA) is 29.5 Å². The highest BCUT2D eigenvalue weighted by molar-refractivity contribution is 9.10. The van der Waals surface area contributed by atoms with E-state index in [1.807, 2.05) is 0 Å². The number of rotatable bonds is 1. The van der Waals surface area contributed by atoms with Gasteiger partial charge < -0.3 is 0 Å². The first-order valence-corrected chi connectivity index (χ1v) is 5.37. The van der Waals surface area contributed by atoms with Crippen molar-refractivity contribution in [3.05, 3.63) is 34.1 Å². The molecule has 0 saturated carbocycles. The molecule has 1 heterocycles. The summed E-state index contributed by atoms with van der Waals surface area (Å²) < 4.78 is 13.2. The third-order valence-electron chi connectivity index (χ3n) is 2.14. The SMILES string of the molecule is O=C(c1ccc(F)cc1Br)N1CCCO1. The Morgan fingerprint density at radius 1 is 1.53 bits per heavy atom. The monoisotopic (exact) mass is 273 g/mol. The van der Waals surface area contributed by atoms with Crippen molar-refractivity contribution in [2.75, 3.05) is 13.2 Å². The molecular weight excluding hydrogens is 265 g/mol. The van der Waals surface area contributed by atoms with Gasteiger partial charge in [0.1, 0.15) is 5.82 Å².